The van der Waals surface area contributed by atoms with Crippen LogP contribution in [0.15, 0.2) is 46.5 Å². The molecule has 1 saturated heterocycles. The van der Waals surface area contributed by atoms with Gasteiger partial charge in [-0.3, -0.25) is 10.3 Å². The number of nitrogens with one attached hydrogen (secondary N) is 2. The number of nitrogens with two attached hydrogens (primary N) is 4. The second-order valence-corrected chi connectivity index (χ2v) is 7.91. The Morgan fingerprint density at radius 1 is 1.29 bits per heavy atom. The monoisotopic (exact) mass is 425 g/mol. The van der Waals surface area contributed by atoms with Gasteiger partial charge in [-0.25, -0.2) is 9.98 Å². The van der Waals surface area contributed by atoms with Crippen molar-refractivity contribution in [2.24, 2.45) is 32.9 Å². The van der Waals surface area contributed by atoms with Crippen molar-refractivity contribution in [3.05, 3.63) is 53.3 Å². The Hall–Kier alpha value is -3.01. The Morgan fingerprint density at radius 3 is 2.58 bits per heavy atom. The SMILES string of the molecule is CC(C)N.N=C(N)c1cccc(N=C(N=CN)c2[nH]ccc2CN2CCC(N)CC2)c1. The number of hydrogen-bond acceptors (Lipinski definition) is 5. The number of H-pyrrole nitrogens is 1. The number of aliphatic imine (C=N–C) groups is 2. The number of piperidine rings is 1. The molecule has 3 rings (SSSR count). The van der Waals surface area contributed by atoms with E-state index in [1.807, 2.05) is 38.2 Å². The average Bonchev–Trinajstić information content (AvgIpc) is 3.17. The third kappa shape index (κ3) is 7.97. The first kappa shape index (κ1) is 24.3. The summed E-state index contributed by atoms with van der Waals surface area (Å²) in [5.41, 5.74) is 25.4. The standard InChI is InChI=1S/C19H26N8.C3H9N/c20-12-25-19(26-16-3-1-2-13(10-16)18(22)23)17-14(4-7-24-17)11-27-8-5-15(21)6-9-27;1-3(2)4/h1-4,7,10,12,15,24H,5-6,8-9,11,21H2,(H3,22,23)(H2,20,25,26);3H,4H2,1-2H3. The van der Waals surface area contributed by atoms with E-state index >= 15 is 0 Å². The number of rotatable bonds is 5. The lowest BCUT2D eigenvalue weighted by Gasteiger charge is -2.30. The van der Waals surface area contributed by atoms with E-state index in [1.54, 1.807) is 12.1 Å². The summed E-state index contributed by atoms with van der Waals surface area (Å²) in [6.07, 6.45) is 5.14. The summed E-state index contributed by atoms with van der Waals surface area (Å²) < 4.78 is 0. The highest BCUT2D eigenvalue weighted by Crippen LogP contribution is 2.20. The van der Waals surface area contributed by atoms with Crippen LogP contribution in [-0.2, 0) is 6.54 Å². The first-order valence-corrected chi connectivity index (χ1v) is 10.5. The van der Waals surface area contributed by atoms with Crippen molar-refractivity contribution in [3.63, 3.8) is 0 Å². The zero-order valence-corrected chi connectivity index (χ0v) is 18.4. The minimum absolute atomic E-state index is 0.000190. The average molecular weight is 426 g/mol. The minimum Gasteiger partial charge on any atom is -0.390 e. The van der Waals surface area contributed by atoms with Gasteiger partial charge in [0.25, 0.3) is 0 Å². The van der Waals surface area contributed by atoms with Gasteiger partial charge in [0.15, 0.2) is 5.84 Å². The van der Waals surface area contributed by atoms with Crippen LogP contribution in [0.1, 0.15) is 43.5 Å². The van der Waals surface area contributed by atoms with E-state index in [0.29, 0.717) is 29.2 Å². The molecule has 1 aromatic heterocycles. The summed E-state index contributed by atoms with van der Waals surface area (Å²) in [4.78, 5) is 14.5. The summed E-state index contributed by atoms with van der Waals surface area (Å²) in [6.45, 7) is 6.66. The van der Waals surface area contributed by atoms with Crippen LogP contribution in [0, 0.1) is 5.41 Å². The molecule has 1 fully saturated rings. The highest BCUT2D eigenvalue weighted by molar-refractivity contribution is 6.04. The fourth-order valence-corrected chi connectivity index (χ4v) is 3.18. The maximum Gasteiger partial charge on any atom is 0.178 e. The molecule has 9 nitrogen and oxygen atoms in total. The van der Waals surface area contributed by atoms with Gasteiger partial charge in [0.05, 0.1) is 17.7 Å². The Bertz CT molecular complexity index is 887. The van der Waals surface area contributed by atoms with Crippen molar-refractivity contribution in [2.75, 3.05) is 13.1 Å². The van der Waals surface area contributed by atoms with Gasteiger partial charge in [-0.05, 0) is 55.7 Å². The molecular formula is C22H35N9. The number of benzene rings is 1. The number of hydrogen-bond donors (Lipinski definition) is 6. The Morgan fingerprint density at radius 2 is 1.97 bits per heavy atom. The van der Waals surface area contributed by atoms with Crippen LogP contribution >= 0.6 is 0 Å². The highest BCUT2D eigenvalue weighted by atomic mass is 15.1. The molecular weight excluding hydrogens is 390 g/mol. The van der Waals surface area contributed by atoms with E-state index in [2.05, 4.69) is 19.9 Å². The third-order valence-electron chi connectivity index (χ3n) is 4.67. The Kier molecular flexibility index (Phi) is 9.39. The van der Waals surface area contributed by atoms with Gasteiger partial charge in [0.1, 0.15) is 5.84 Å². The minimum atomic E-state index is -0.000190. The zero-order valence-electron chi connectivity index (χ0n) is 18.4. The first-order valence-electron chi connectivity index (χ1n) is 10.5. The predicted octanol–water partition coefficient (Wildman–Crippen LogP) is 1.64. The molecule has 0 aliphatic carbocycles. The van der Waals surface area contributed by atoms with Crippen molar-refractivity contribution in [2.45, 2.75) is 45.3 Å². The van der Waals surface area contributed by atoms with Crippen LogP contribution in [-0.4, -0.2) is 53.1 Å². The maximum atomic E-state index is 7.59. The van der Waals surface area contributed by atoms with Crippen LogP contribution in [0.5, 0.6) is 0 Å². The smallest absolute Gasteiger partial charge is 0.178 e. The lowest BCUT2D eigenvalue weighted by atomic mass is 10.1. The summed E-state index contributed by atoms with van der Waals surface area (Å²) in [5.74, 6) is 0.492. The molecule has 0 amide bonds. The van der Waals surface area contributed by atoms with E-state index in [-0.39, 0.29) is 5.84 Å². The number of nitrogen functional groups attached to an aromatic ring is 1. The topological polar surface area (TPSA) is 172 Å². The van der Waals surface area contributed by atoms with Crippen molar-refractivity contribution in [1.82, 2.24) is 9.88 Å². The van der Waals surface area contributed by atoms with E-state index in [4.69, 9.17) is 28.3 Å². The fourth-order valence-electron chi connectivity index (χ4n) is 3.18. The maximum absolute atomic E-state index is 7.59. The largest absolute Gasteiger partial charge is 0.390 e. The third-order valence-corrected chi connectivity index (χ3v) is 4.67. The first-order chi connectivity index (χ1) is 14.8. The molecule has 0 saturated carbocycles. The number of aromatic nitrogens is 1. The molecule has 2 aromatic rings. The quantitative estimate of drug-likeness (QED) is 0.315. The molecule has 0 atom stereocenters. The highest BCUT2D eigenvalue weighted by Gasteiger charge is 2.19. The molecule has 0 unspecified atom stereocenters. The molecule has 168 valence electrons. The summed E-state index contributed by atoms with van der Waals surface area (Å²) in [6, 6.07) is 9.85. The van der Waals surface area contributed by atoms with Gasteiger partial charge in [-0.1, -0.05) is 26.0 Å². The molecule has 0 bridgehead atoms. The van der Waals surface area contributed by atoms with E-state index in [0.717, 1.165) is 43.7 Å². The second-order valence-electron chi connectivity index (χ2n) is 7.91. The lowest BCUT2D eigenvalue weighted by molar-refractivity contribution is 0.205. The lowest BCUT2D eigenvalue weighted by Crippen LogP contribution is -2.39. The van der Waals surface area contributed by atoms with Crippen LogP contribution in [0.25, 0.3) is 0 Å². The molecule has 1 aliphatic rings. The van der Waals surface area contributed by atoms with Crippen LogP contribution in [0.2, 0.25) is 0 Å². The normalized spacial score (nSPS) is 15.8. The van der Waals surface area contributed by atoms with E-state index < -0.39 is 0 Å². The predicted molar refractivity (Wildman–Crippen MR) is 129 cm³/mol. The van der Waals surface area contributed by atoms with E-state index in [1.165, 1.54) is 6.34 Å². The Balaban J connectivity index is 0.000000785. The molecule has 31 heavy (non-hydrogen) atoms. The van der Waals surface area contributed by atoms with E-state index in [9.17, 15) is 0 Å². The second kappa shape index (κ2) is 12.0. The van der Waals surface area contributed by atoms with Gasteiger partial charge in [-0.15, -0.1) is 0 Å². The van der Waals surface area contributed by atoms with Crippen LogP contribution in [0.4, 0.5) is 5.69 Å². The molecule has 0 radical (unpaired) electrons. The van der Waals surface area contributed by atoms with Crippen molar-refractivity contribution >= 4 is 23.7 Å². The van der Waals surface area contributed by atoms with Crippen LogP contribution < -0.4 is 22.9 Å². The molecule has 10 N–H and O–H groups in total. The molecule has 0 spiro atoms. The van der Waals surface area contributed by atoms with Crippen LogP contribution in [0.3, 0.4) is 0 Å². The Labute approximate surface area is 184 Å². The van der Waals surface area contributed by atoms with Gasteiger partial charge in [-0.2, -0.15) is 0 Å². The number of nitrogens with zero attached hydrogens (tertiary/aromatic N) is 3. The zero-order chi connectivity index (χ0) is 22.8. The fraction of sp³-hybridized carbons (Fsp3) is 0.409. The van der Waals surface area contributed by atoms with Gasteiger partial charge in [0.2, 0.25) is 0 Å². The van der Waals surface area contributed by atoms with Gasteiger partial charge >= 0.3 is 0 Å². The number of amidine groups is 2. The summed E-state index contributed by atoms with van der Waals surface area (Å²) in [7, 11) is 0. The summed E-state index contributed by atoms with van der Waals surface area (Å²) >= 11 is 0. The molecule has 1 aliphatic heterocycles. The van der Waals surface area contributed by atoms with Crippen molar-refractivity contribution in [3.8, 4) is 0 Å². The number of likely N-dealkylation sites (tertiary alicyclic amines) is 1. The van der Waals surface area contributed by atoms with Gasteiger partial charge in [0, 0.05) is 24.3 Å². The van der Waals surface area contributed by atoms with Gasteiger partial charge < -0.3 is 27.9 Å². The van der Waals surface area contributed by atoms with Crippen molar-refractivity contribution in [1.29, 1.82) is 5.41 Å². The molecule has 1 aromatic carbocycles. The summed E-state index contributed by atoms with van der Waals surface area (Å²) in [5, 5.41) is 7.59. The molecule has 2 heterocycles. The van der Waals surface area contributed by atoms with Crippen molar-refractivity contribution < 1.29 is 0 Å². The molecule has 9 heteroatoms. The number of aromatic amines is 1.